The molecule has 8 nitrogen and oxygen atoms in total. The number of carbonyl (C=O) groups excluding carboxylic acids is 2. The van der Waals surface area contributed by atoms with Gasteiger partial charge in [-0.05, 0) is 30.7 Å². The molecule has 0 spiro atoms. The molecule has 148 valence electrons. The van der Waals surface area contributed by atoms with Crippen LogP contribution in [0.25, 0.3) is 0 Å². The Kier molecular flexibility index (Phi) is 6.96. The van der Waals surface area contributed by atoms with Crippen molar-refractivity contribution in [3.05, 3.63) is 69.8 Å². The van der Waals surface area contributed by atoms with Gasteiger partial charge in [0, 0.05) is 17.7 Å². The Morgan fingerprint density at radius 1 is 1.18 bits per heavy atom. The Morgan fingerprint density at radius 2 is 1.89 bits per heavy atom. The molecule has 2 N–H and O–H groups in total. The van der Waals surface area contributed by atoms with E-state index in [0.717, 1.165) is 6.07 Å². The lowest BCUT2D eigenvalue weighted by Gasteiger charge is -2.16. The van der Waals surface area contributed by atoms with E-state index in [-0.39, 0.29) is 23.5 Å². The van der Waals surface area contributed by atoms with E-state index < -0.39 is 29.4 Å². The van der Waals surface area contributed by atoms with E-state index in [2.05, 4.69) is 15.4 Å². The van der Waals surface area contributed by atoms with E-state index in [1.165, 1.54) is 36.4 Å². The number of alkyl halides is 2. The molecule has 1 atom stereocenters. The number of nitro groups is 1. The van der Waals surface area contributed by atoms with Gasteiger partial charge in [-0.25, -0.2) is 0 Å². The van der Waals surface area contributed by atoms with Gasteiger partial charge in [0.25, 0.3) is 11.6 Å². The van der Waals surface area contributed by atoms with E-state index in [0.29, 0.717) is 5.56 Å². The van der Waals surface area contributed by atoms with E-state index in [1.807, 2.05) is 0 Å². The van der Waals surface area contributed by atoms with Crippen molar-refractivity contribution in [3.8, 4) is 5.75 Å². The number of halogens is 2. The van der Waals surface area contributed by atoms with Crippen molar-refractivity contribution < 1.29 is 28.0 Å². The molecule has 1 unspecified atom stereocenters. The minimum atomic E-state index is -2.95. The van der Waals surface area contributed by atoms with Gasteiger partial charge < -0.3 is 15.4 Å². The van der Waals surface area contributed by atoms with Gasteiger partial charge >= 0.3 is 6.61 Å². The van der Waals surface area contributed by atoms with Crippen molar-refractivity contribution in [2.24, 2.45) is 0 Å². The molecular weight excluding hydrogens is 376 g/mol. The minimum Gasteiger partial charge on any atom is -0.435 e. The molecule has 2 rings (SSSR count). The molecule has 0 aromatic heterocycles. The zero-order chi connectivity index (χ0) is 20.7. The molecule has 0 saturated heterocycles. The average Bonchev–Trinajstić information content (AvgIpc) is 2.65. The molecule has 0 aliphatic rings. The van der Waals surface area contributed by atoms with Crippen molar-refractivity contribution in [1.82, 2.24) is 10.6 Å². The molecule has 0 bridgehead atoms. The number of hydrogen-bond acceptors (Lipinski definition) is 5. The van der Waals surface area contributed by atoms with Crippen LogP contribution < -0.4 is 15.4 Å². The lowest BCUT2D eigenvalue weighted by atomic mass is 10.1. The first kappa shape index (κ1) is 20.7. The zero-order valence-electron chi connectivity index (χ0n) is 14.7. The first-order valence-electron chi connectivity index (χ1n) is 8.13. The smallest absolute Gasteiger partial charge is 0.387 e. The normalized spacial score (nSPS) is 11.6. The number of rotatable bonds is 8. The van der Waals surface area contributed by atoms with Crippen LogP contribution in [0.4, 0.5) is 14.5 Å². The standard InChI is InChI=1S/C18H17F2N3O5/c1-11(12-4-3-7-15(9-12)28-18(19)20)22-16(24)10-21-17(25)13-5-2-6-14(8-13)23(26)27/h2-9,11,18H,10H2,1H3,(H,21,25)(H,22,24). The Labute approximate surface area is 158 Å². The molecule has 10 heteroatoms. The number of nitro benzene ring substituents is 1. The maximum atomic E-state index is 12.3. The number of non-ortho nitro benzene ring substituents is 1. The summed E-state index contributed by atoms with van der Waals surface area (Å²) in [7, 11) is 0. The van der Waals surface area contributed by atoms with E-state index in [9.17, 15) is 28.5 Å². The fourth-order valence-corrected chi connectivity index (χ4v) is 2.36. The van der Waals surface area contributed by atoms with Crippen molar-refractivity contribution in [1.29, 1.82) is 0 Å². The monoisotopic (exact) mass is 393 g/mol. The summed E-state index contributed by atoms with van der Waals surface area (Å²) in [4.78, 5) is 34.2. The molecule has 28 heavy (non-hydrogen) atoms. The fraction of sp³-hybridized carbons (Fsp3) is 0.222. The molecule has 0 heterocycles. The number of ether oxygens (including phenoxy) is 1. The summed E-state index contributed by atoms with van der Waals surface area (Å²) in [5.41, 5.74) is 0.347. The van der Waals surface area contributed by atoms with E-state index >= 15 is 0 Å². The number of carbonyl (C=O) groups is 2. The van der Waals surface area contributed by atoms with Gasteiger partial charge in [0.2, 0.25) is 5.91 Å². The van der Waals surface area contributed by atoms with Gasteiger partial charge in [-0.3, -0.25) is 19.7 Å². The molecule has 0 radical (unpaired) electrons. The fourth-order valence-electron chi connectivity index (χ4n) is 2.36. The van der Waals surface area contributed by atoms with Crippen LogP contribution in [0.5, 0.6) is 5.75 Å². The summed E-state index contributed by atoms with van der Waals surface area (Å²) in [5, 5.41) is 15.7. The first-order chi connectivity index (χ1) is 13.3. The Morgan fingerprint density at radius 3 is 2.57 bits per heavy atom. The summed E-state index contributed by atoms with van der Waals surface area (Å²) < 4.78 is 28.9. The maximum absolute atomic E-state index is 12.3. The third kappa shape index (κ3) is 6.01. The molecule has 2 aromatic carbocycles. The highest BCUT2D eigenvalue weighted by atomic mass is 19.3. The van der Waals surface area contributed by atoms with Crippen molar-refractivity contribution in [2.75, 3.05) is 6.54 Å². The van der Waals surface area contributed by atoms with Crippen molar-refractivity contribution >= 4 is 17.5 Å². The highest BCUT2D eigenvalue weighted by Crippen LogP contribution is 2.20. The predicted octanol–water partition coefficient (Wildman–Crippen LogP) is 2.80. The summed E-state index contributed by atoms with van der Waals surface area (Å²) in [6.07, 6.45) is 0. The highest BCUT2D eigenvalue weighted by molar-refractivity contribution is 5.97. The van der Waals surface area contributed by atoms with Crippen LogP contribution in [0.1, 0.15) is 28.9 Å². The molecular formula is C18H17F2N3O5. The largest absolute Gasteiger partial charge is 0.435 e. The Bertz CT molecular complexity index is 876. The molecule has 0 aliphatic carbocycles. The zero-order valence-corrected chi connectivity index (χ0v) is 14.7. The van der Waals surface area contributed by atoms with Gasteiger partial charge in [-0.15, -0.1) is 0 Å². The highest BCUT2D eigenvalue weighted by Gasteiger charge is 2.15. The Hall–Kier alpha value is -3.56. The van der Waals surface area contributed by atoms with Gasteiger partial charge in [-0.2, -0.15) is 8.78 Å². The summed E-state index contributed by atoms with van der Waals surface area (Å²) in [6.45, 7) is -1.68. The van der Waals surface area contributed by atoms with Crippen LogP contribution in [0.3, 0.4) is 0 Å². The minimum absolute atomic E-state index is 0.0347. The molecule has 0 saturated carbocycles. The third-order valence-corrected chi connectivity index (χ3v) is 3.69. The predicted molar refractivity (Wildman–Crippen MR) is 95.1 cm³/mol. The third-order valence-electron chi connectivity index (χ3n) is 3.69. The van der Waals surface area contributed by atoms with Crippen LogP contribution >= 0.6 is 0 Å². The van der Waals surface area contributed by atoms with Crippen LogP contribution in [0.2, 0.25) is 0 Å². The number of amides is 2. The lowest BCUT2D eigenvalue weighted by Crippen LogP contribution is -2.38. The lowest BCUT2D eigenvalue weighted by molar-refractivity contribution is -0.384. The van der Waals surface area contributed by atoms with Crippen LogP contribution in [-0.2, 0) is 4.79 Å². The van der Waals surface area contributed by atoms with Crippen LogP contribution in [0.15, 0.2) is 48.5 Å². The second-order valence-electron chi connectivity index (χ2n) is 5.73. The van der Waals surface area contributed by atoms with Gasteiger partial charge in [0.05, 0.1) is 17.5 Å². The van der Waals surface area contributed by atoms with Crippen molar-refractivity contribution in [2.45, 2.75) is 19.6 Å². The number of hydrogen-bond donors (Lipinski definition) is 2. The average molecular weight is 393 g/mol. The topological polar surface area (TPSA) is 111 Å². The summed E-state index contributed by atoms with van der Waals surface area (Å²) in [6, 6.07) is 10.5. The number of nitrogens with one attached hydrogen (secondary N) is 2. The SMILES string of the molecule is CC(NC(=O)CNC(=O)c1cccc([N+](=O)[O-])c1)c1cccc(OC(F)F)c1. The quantitative estimate of drug-likeness (QED) is 0.529. The molecule has 0 aliphatic heterocycles. The summed E-state index contributed by atoms with van der Waals surface area (Å²) >= 11 is 0. The molecule has 2 amide bonds. The number of benzene rings is 2. The van der Waals surface area contributed by atoms with Gasteiger partial charge in [0.15, 0.2) is 0 Å². The number of nitrogens with zero attached hydrogens (tertiary/aromatic N) is 1. The maximum Gasteiger partial charge on any atom is 0.387 e. The summed E-state index contributed by atoms with van der Waals surface area (Å²) in [5.74, 6) is -1.20. The van der Waals surface area contributed by atoms with E-state index in [4.69, 9.17) is 0 Å². The second-order valence-corrected chi connectivity index (χ2v) is 5.73. The second kappa shape index (κ2) is 9.40. The molecule has 0 fully saturated rings. The van der Waals surface area contributed by atoms with Gasteiger partial charge in [0.1, 0.15) is 5.75 Å². The van der Waals surface area contributed by atoms with Crippen LogP contribution in [-0.4, -0.2) is 29.9 Å². The van der Waals surface area contributed by atoms with E-state index in [1.54, 1.807) is 13.0 Å². The van der Waals surface area contributed by atoms with Gasteiger partial charge in [-0.1, -0.05) is 18.2 Å². The first-order valence-corrected chi connectivity index (χ1v) is 8.13. The Balaban J connectivity index is 1.90. The molecule has 2 aromatic rings. The van der Waals surface area contributed by atoms with Crippen LogP contribution in [0, 0.1) is 10.1 Å². The van der Waals surface area contributed by atoms with Crippen molar-refractivity contribution in [3.63, 3.8) is 0 Å².